The summed E-state index contributed by atoms with van der Waals surface area (Å²) in [6.45, 7) is 3.39. The van der Waals surface area contributed by atoms with Crippen molar-refractivity contribution in [1.82, 2.24) is 0 Å². The average molecular weight is 256 g/mol. The summed E-state index contributed by atoms with van der Waals surface area (Å²) in [4.78, 5) is 11.1. The lowest BCUT2D eigenvalue weighted by molar-refractivity contribution is -0.148. The van der Waals surface area contributed by atoms with Gasteiger partial charge in [0.05, 0.1) is 19.1 Å². The van der Waals surface area contributed by atoms with E-state index in [9.17, 15) is 14.3 Å². The van der Waals surface area contributed by atoms with E-state index in [0.29, 0.717) is 0 Å². The largest absolute Gasteiger partial charge is 0.494 e. The van der Waals surface area contributed by atoms with Gasteiger partial charge in [-0.05, 0) is 23.6 Å². The highest BCUT2D eigenvalue weighted by Crippen LogP contribution is 2.30. The Hall–Kier alpha value is -1.62. The van der Waals surface area contributed by atoms with Gasteiger partial charge in [-0.1, -0.05) is 19.9 Å². The summed E-state index contributed by atoms with van der Waals surface area (Å²) in [6.07, 6.45) is -1.25. The van der Waals surface area contributed by atoms with Crippen LogP contribution in [-0.2, 0) is 4.79 Å². The molecule has 0 bridgehead atoms. The molecular weight excluding hydrogens is 239 g/mol. The quantitative estimate of drug-likeness (QED) is 0.847. The lowest BCUT2D eigenvalue weighted by Gasteiger charge is -2.22. The van der Waals surface area contributed by atoms with Crippen LogP contribution in [-0.4, -0.2) is 23.3 Å². The molecule has 0 aliphatic carbocycles. The normalized spacial score (nSPS) is 14.3. The van der Waals surface area contributed by atoms with Gasteiger partial charge < -0.3 is 14.9 Å². The summed E-state index contributed by atoms with van der Waals surface area (Å²) in [5.74, 6) is -2.90. The van der Waals surface area contributed by atoms with Crippen molar-refractivity contribution in [2.24, 2.45) is 11.8 Å². The van der Waals surface area contributed by atoms with Crippen molar-refractivity contribution >= 4 is 5.97 Å². The van der Waals surface area contributed by atoms with Crippen molar-refractivity contribution in [3.63, 3.8) is 0 Å². The lowest BCUT2D eigenvalue weighted by Crippen LogP contribution is -2.27. The summed E-state index contributed by atoms with van der Waals surface area (Å²) in [7, 11) is 1.34. The molecule has 4 nitrogen and oxygen atoms in total. The van der Waals surface area contributed by atoms with E-state index in [-0.39, 0.29) is 17.2 Å². The number of aliphatic hydroxyl groups is 1. The minimum absolute atomic E-state index is 0.0578. The highest BCUT2D eigenvalue weighted by atomic mass is 19.1. The maximum atomic E-state index is 13.5. The van der Waals surface area contributed by atoms with E-state index in [2.05, 4.69) is 0 Å². The van der Waals surface area contributed by atoms with Gasteiger partial charge in [-0.25, -0.2) is 4.39 Å². The van der Waals surface area contributed by atoms with E-state index in [4.69, 9.17) is 9.84 Å². The Morgan fingerprint density at radius 1 is 1.39 bits per heavy atom. The number of carboxylic acid groups (broad SMARTS) is 1. The van der Waals surface area contributed by atoms with Crippen LogP contribution in [0.25, 0.3) is 0 Å². The molecule has 2 unspecified atom stereocenters. The Balaban J connectivity index is 3.05. The molecular formula is C13H17FO4. The topological polar surface area (TPSA) is 66.8 Å². The first-order valence-corrected chi connectivity index (χ1v) is 5.62. The van der Waals surface area contributed by atoms with Gasteiger partial charge >= 0.3 is 5.97 Å². The number of halogens is 1. The molecule has 0 radical (unpaired) electrons. The Labute approximate surface area is 105 Å². The van der Waals surface area contributed by atoms with Crippen LogP contribution in [0, 0.1) is 17.7 Å². The van der Waals surface area contributed by atoms with Gasteiger partial charge in [0.25, 0.3) is 0 Å². The van der Waals surface area contributed by atoms with Gasteiger partial charge in [0.15, 0.2) is 11.6 Å². The van der Waals surface area contributed by atoms with Gasteiger partial charge in [0.1, 0.15) is 0 Å². The van der Waals surface area contributed by atoms with E-state index < -0.39 is 23.8 Å². The Morgan fingerprint density at radius 3 is 2.39 bits per heavy atom. The smallest absolute Gasteiger partial charge is 0.309 e. The number of ether oxygens (including phenoxy) is 1. The molecule has 0 aliphatic heterocycles. The van der Waals surface area contributed by atoms with Crippen LogP contribution in [0.2, 0.25) is 0 Å². The standard InChI is InChI=1S/C13H17FO4/c1-7(2)11(13(16)17)12(15)8-4-5-10(18-3)9(14)6-8/h4-7,11-12,15H,1-3H3,(H,16,17). The molecule has 5 heteroatoms. The Kier molecular flexibility index (Phi) is 4.67. The van der Waals surface area contributed by atoms with Crippen LogP contribution >= 0.6 is 0 Å². The molecule has 0 heterocycles. The first-order valence-electron chi connectivity index (χ1n) is 5.62. The highest BCUT2D eigenvalue weighted by molar-refractivity contribution is 5.71. The third-order valence-electron chi connectivity index (χ3n) is 2.86. The van der Waals surface area contributed by atoms with Gasteiger partial charge in [-0.2, -0.15) is 0 Å². The molecule has 0 fully saturated rings. The number of hydrogen-bond acceptors (Lipinski definition) is 3. The summed E-state index contributed by atoms with van der Waals surface area (Å²) in [5, 5.41) is 19.1. The van der Waals surface area contributed by atoms with E-state index in [1.165, 1.54) is 19.2 Å². The van der Waals surface area contributed by atoms with Crippen molar-refractivity contribution < 1.29 is 24.1 Å². The lowest BCUT2D eigenvalue weighted by atomic mass is 9.86. The van der Waals surface area contributed by atoms with E-state index in [1.54, 1.807) is 13.8 Å². The number of carbonyl (C=O) groups is 1. The number of carboxylic acids is 1. The molecule has 2 N–H and O–H groups in total. The molecule has 1 aromatic carbocycles. The van der Waals surface area contributed by atoms with Gasteiger partial charge in [0.2, 0.25) is 0 Å². The molecule has 0 saturated heterocycles. The van der Waals surface area contributed by atoms with Crippen LogP contribution in [0.15, 0.2) is 18.2 Å². The predicted octanol–water partition coefficient (Wildman–Crippen LogP) is 2.22. The molecule has 1 rings (SSSR count). The van der Waals surface area contributed by atoms with E-state index in [1.807, 2.05) is 0 Å². The summed E-state index contributed by atoms with van der Waals surface area (Å²) in [5.41, 5.74) is 0.231. The number of aliphatic hydroxyl groups excluding tert-OH is 1. The molecule has 0 spiro atoms. The van der Waals surface area contributed by atoms with Crippen LogP contribution in [0.3, 0.4) is 0 Å². The maximum absolute atomic E-state index is 13.5. The number of methoxy groups -OCH3 is 1. The summed E-state index contributed by atoms with van der Waals surface area (Å²) >= 11 is 0. The first kappa shape index (κ1) is 14.4. The number of hydrogen-bond donors (Lipinski definition) is 2. The fraction of sp³-hybridized carbons (Fsp3) is 0.462. The second kappa shape index (κ2) is 5.82. The van der Waals surface area contributed by atoms with Gasteiger partial charge in [-0.15, -0.1) is 0 Å². The molecule has 1 aromatic rings. The molecule has 0 aliphatic rings. The zero-order chi connectivity index (χ0) is 13.9. The summed E-state index contributed by atoms with van der Waals surface area (Å²) < 4.78 is 18.3. The van der Waals surface area contributed by atoms with E-state index >= 15 is 0 Å². The molecule has 2 atom stereocenters. The number of aliphatic carboxylic acids is 1. The highest BCUT2D eigenvalue weighted by Gasteiger charge is 2.31. The molecule has 0 saturated carbocycles. The zero-order valence-corrected chi connectivity index (χ0v) is 10.6. The molecule has 0 amide bonds. The molecule has 100 valence electrons. The second-order valence-electron chi connectivity index (χ2n) is 4.45. The number of benzene rings is 1. The minimum Gasteiger partial charge on any atom is -0.494 e. The van der Waals surface area contributed by atoms with Crippen molar-refractivity contribution in [2.75, 3.05) is 7.11 Å². The van der Waals surface area contributed by atoms with Crippen LogP contribution in [0.4, 0.5) is 4.39 Å². The van der Waals surface area contributed by atoms with Crippen LogP contribution < -0.4 is 4.74 Å². The average Bonchev–Trinajstić information content (AvgIpc) is 2.27. The van der Waals surface area contributed by atoms with Crippen LogP contribution in [0.1, 0.15) is 25.5 Å². The van der Waals surface area contributed by atoms with Crippen LogP contribution in [0.5, 0.6) is 5.75 Å². The van der Waals surface area contributed by atoms with E-state index in [0.717, 1.165) is 6.07 Å². The monoisotopic (exact) mass is 256 g/mol. The first-order chi connectivity index (χ1) is 8.38. The fourth-order valence-corrected chi connectivity index (χ4v) is 1.86. The van der Waals surface area contributed by atoms with Gasteiger partial charge in [-0.3, -0.25) is 4.79 Å². The predicted molar refractivity (Wildman–Crippen MR) is 63.9 cm³/mol. The minimum atomic E-state index is -1.25. The third-order valence-corrected chi connectivity index (χ3v) is 2.86. The number of rotatable bonds is 5. The van der Waals surface area contributed by atoms with Crippen molar-refractivity contribution in [1.29, 1.82) is 0 Å². The van der Waals surface area contributed by atoms with Crippen molar-refractivity contribution in [3.05, 3.63) is 29.6 Å². The summed E-state index contributed by atoms with van der Waals surface area (Å²) in [6, 6.07) is 3.93. The Bertz CT molecular complexity index is 431. The maximum Gasteiger partial charge on any atom is 0.309 e. The second-order valence-corrected chi connectivity index (χ2v) is 4.45. The van der Waals surface area contributed by atoms with Crippen molar-refractivity contribution in [3.8, 4) is 5.75 Å². The molecule has 18 heavy (non-hydrogen) atoms. The third kappa shape index (κ3) is 2.98. The zero-order valence-electron chi connectivity index (χ0n) is 10.6. The fourth-order valence-electron chi connectivity index (χ4n) is 1.86. The van der Waals surface area contributed by atoms with Gasteiger partial charge in [0, 0.05) is 0 Å². The Morgan fingerprint density at radius 2 is 2.00 bits per heavy atom. The molecule has 0 aromatic heterocycles. The van der Waals surface area contributed by atoms with Crippen molar-refractivity contribution in [2.45, 2.75) is 20.0 Å². The SMILES string of the molecule is COc1ccc(C(O)C(C(=O)O)C(C)C)cc1F.